The first-order valence-electron chi connectivity index (χ1n) is 4.23. The van der Waals surface area contributed by atoms with Crippen molar-refractivity contribution in [1.29, 1.82) is 0 Å². The first kappa shape index (κ1) is 10.8. The third-order valence-corrected chi connectivity index (χ3v) is 2.25. The highest BCUT2D eigenvalue weighted by Gasteiger charge is 2.14. The van der Waals surface area contributed by atoms with Crippen LogP contribution < -0.4 is 5.73 Å². The Balaban J connectivity index is 3.03. The van der Waals surface area contributed by atoms with Crippen LogP contribution in [0.5, 0.6) is 11.8 Å². The Hall–Kier alpha value is -1.23. The lowest BCUT2D eigenvalue weighted by atomic mass is 10.2. The Labute approximate surface area is 88.1 Å². The smallest absolute Gasteiger partial charge is 0.218 e. The second-order valence-electron chi connectivity index (χ2n) is 2.95. The van der Waals surface area contributed by atoms with Gasteiger partial charge in [-0.15, -0.1) is 0 Å². The Morgan fingerprint density at radius 3 is 2.50 bits per heavy atom. The molecule has 5 heteroatoms. The number of hydrogen-bond donors (Lipinski definition) is 4. The van der Waals surface area contributed by atoms with Crippen LogP contribution >= 0.6 is 12.6 Å². The fourth-order valence-electron chi connectivity index (χ4n) is 1.14. The van der Waals surface area contributed by atoms with Crippen molar-refractivity contribution in [2.24, 2.45) is 7.05 Å². The molecule has 4 nitrogen and oxygen atoms in total. The minimum atomic E-state index is -0.118. The molecule has 1 aromatic rings. The van der Waals surface area contributed by atoms with Gasteiger partial charge in [-0.2, -0.15) is 12.6 Å². The van der Waals surface area contributed by atoms with Crippen molar-refractivity contribution in [3.63, 3.8) is 0 Å². The summed E-state index contributed by atoms with van der Waals surface area (Å²) in [6.07, 6.45) is 4.32. The van der Waals surface area contributed by atoms with Crippen molar-refractivity contribution in [1.82, 2.24) is 4.57 Å². The number of rotatable bonds is 3. The highest BCUT2D eigenvalue weighted by Crippen LogP contribution is 2.35. The number of thiol groups is 1. The molecular formula is C9H14N2O2S. The van der Waals surface area contributed by atoms with Gasteiger partial charge in [0.15, 0.2) is 0 Å². The molecule has 0 spiro atoms. The van der Waals surface area contributed by atoms with Gasteiger partial charge in [-0.05, 0) is 12.2 Å². The highest BCUT2D eigenvalue weighted by molar-refractivity contribution is 7.80. The monoisotopic (exact) mass is 214 g/mol. The van der Waals surface area contributed by atoms with E-state index < -0.39 is 0 Å². The molecule has 1 aromatic heterocycles. The molecule has 14 heavy (non-hydrogen) atoms. The molecule has 0 aliphatic rings. The molecule has 0 amide bonds. The number of allylic oxidation sites excluding steroid dienone is 1. The predicted molar refractivity (Wildman–Crippen MR) is 60.7 cm³/mol. The lowest BCUT2D eigenvalue weighted by Crippen LogP contribution is -1.86. The SMILES string of the molecule is Cn1c(O)c(N)c(/C=C/CCS)c1O. The zero-order chi connectivity index (χ0) is 10.7. The summed E-state index contributed by atoms with van der Waals surface area (Å²) in [7, 11) is 1.54. The third-order valence-electron chi connectivity index (χ3n) is 1.99. The molecule has 0 aliphatic heterocycles. The predicted octanol–water partition coefficient (Wildman–Crippen LogP) is 1.35. The van der Waals surface area contributed by atoms with Crippen LogP contribution in [0.2, 0.25) is 0 Å². The zero-order valence-electron chi connectivity index (χ0n) is 7.94. The number of aromatic hydroxyl groups is 2. The topological polar surface area (TPSA) is 71.4 Å². The van der Waals surface area contributed by atoms with Gasteiger partial charge in [-0.1, -0.05) is 12.2 Å². The van der Waals surface area contributed by atoms with Crippen LogP contribution in [0.15, 0.2) is 6.08 Å². The van der Waals surface area contributed by atoms with E-state index in [0.29, 0.717) is 5.56 Å². The minimum Gasteiger partial charge on any atom is -0.494 e. The Morgan fingerprint density at radius 2 is 2.07 bits per heavy atom. The molecule has 78 valence electrons. The second-order valence-corrected chi connectivity index (χ2v) is 3.40. The molecule has 0 unspecified atom stereocenters. The van der Waals surface area contributed by atoms with Crippen LogP contribution in [0.3, 0.4) is 0 Å². The van der Waals surface area contributed by atoms with E-state index in [1.54, 1.807) is 6.08 Å². The van der Waals surface area contributed by atoms with E-state index in [1.807, 2.05) is 6.08 Å². The molecule has 0 aliphatic carbocycles. The van der Waals surface area contributed by atoms with Crippen LogP contribution in [0.4, 0.5) is 5.69 Å². The van der Waals surface area contributed by atoms with Crippen molar-refractivity contribution >= 4 is 24.4 Å². The largest absolute Gasteiger partial charge is 0.494 e. The van der Waals surface area contributed by atoms with Gasteiger partial charge in [-0.3, -0.25) is 4.57 Å². The minimum absolute atomic E-state index is 0.0320. The molecule has 0 bridgehead atoms. The number of nitrogen functional groups attached to an aromatic ring is 1. The van der Waals surface area contributed by atoms with Gasteiger partial charge in [-0.25, -0.2) is 0 Å². The molecule has 0 saturated heterocycles. The fraction of sp³-hybridized carbons (Fsp3) is 0.333. The molecule has 0 atom stereocenters. The maximum atomic E-state index is 9.55. The lowest BCUT2D eigenvalue weighted by Gasteiger charge is -1.95. The lowest BCUT2D eigenvalue weighted by molar-refractivity contribution is 0.387. The van der Waals surface area contributed by atoms with Gasteiger partial charge in [0.05, 0.1) is 5.56 Å². The number of nitrogens with two attached hydrogens (primary N) is 1. The Morgan fingerprint density at radius 1 is 1.43 bits per heavy atom. The molecule has 4 N–H and O–H groups in total. The maximum Gasteiger partial charge on any atom is 0.218 e. The number of anilines is 1. The Kier molecular flexibility index (Phi) is 3.35. The summed E-state index contributed by atoms with van der Waals surface area (Å²) in [5, 5.41) is 18.9. The summed E-state index contributed by atoms with van der Waals surface area (Å²) >= 11 is 4.04. The first-order chi connectivity index (χ1) is 6.59. The maximum absolute atomic E-state index is 9.55. The molecular weight excluding hydrogens is 200 g/mol. The molecule has 0 radical (unpaired) electrons. The van der Waals surface area contributed by atoms with E-state index in [0.717, 1.165) is 12.2 Å². The van der Waals surface area contributed by atoms with Crippen molar-refractivity contribution in [3.8, 4) is 11.8 Å². The summed E-state index contributed by atoms with van der Waals surface area (Å²) in [6, 6.07) is 0. The molecule has 0 fully saturated rings. The van der Waals surface area contributed by atoms with Crippen LogP contribution in [-0.4, -0.2) is 20.5 Å². The number of nitrogens with zero attached hydrogens (tertiary/aromatic N) is 1. The van der Waals surface area contributed by atoms with Gasteiger partial charge < -0.3 is 15.9 Å². The Bertz CT molecular complexity index is 333. The number of hydrogen-bond acceptors (Lipinski definition) is 4. The van der Waals surface area contributed by atoms with Gasteiger partial charge in [0.1, 0.15) is 5.69 Å². The summed E-state index contributed by atoms with van der Waals surface area (Å²) in [4.78, 5) is 0. The van der Waals surface area contributed by atoms with Gasteiger partial charge in [0.25, 0.3) is 0 Å². The van der Waals surface area contributed by atoms with Crippen molar-refractivity contribution < 1.29 is 10.2 Å². The fourth-order valence-corrected chi connectivity index (χ4v) is 1.29. The van der Waals surface area contributed by atoms with Crippen molar-refractivity contribution in [3.05, 3.63) is 11.6 Å². The molecule has 0 aromatic carbocycles. The van der Waals surface area contributed by atoms with E-state index in [2.05, 4.69) is 12.6 Å². The van der Waals surface area contributed by atoms with Crippen molar-refractivity contribution in [2.45, 2.75) is 6.42 Å². The van der Waals surface area contributed by atoms with Gasteiger partial charge >= 0.3 is 0 Å². The second kappa shape index (κ2) is 4.32. The zero-order valence-corrected chi connectivity index (χ0v) is 8.83. The first-order valence-corrected chi connectivity index (χ1v) is 4.86. The summed E-state index contributed by atoms with van der Waals surface area (Å²) in [5.41, 5.74) is 6.23. The quantitative estimate of drug-likeness (QED) is 0.574. The molecule has 1 heterocycles. The van der Waals surface area contributed by atoms with Crippen LogP contribution in [0, 0.1) is 0 Å². The summed E-state index contributed by atoms with van der Waals surface area (Å²) in [6.45, 7) is 0. The standard InChI is InChI=1S/C9H14N2O2S/c1-11-8(12)6(4-2-3-5-14)7(10)9(11)13/h2,4,12-14H,3,5,10H2,1H3/b4-2+. The summed E-state index contributed by atoms with van der Waals surface area (Å²) < 4.78 is 1.23. The van der Waals surface area contributed by atoms with E-state index >= 15 is 0 Å². The van der Waals surface area contributed by atoms with Crippen molar-refractivity contribution in [2.75, 3.05) is 11.5 Å². The van der Waals surface area contributed by atoms with Crippen LogP contribution in [0.25, 0.3) is 6.08 Å². The van der Waals surface area contributed by atoms with Gasteiger partial charge in [0.2, 0.25) is 11.8 Å². The van der Waals surface area contributed by atoms with E-state index in [1.165, 1.54) is 11.6 Å². The summed E-state index contributed by atoms with van der Waals surface area (Å²) in [5.74, 6) is 0.583. The average molecular weight is 214 g/mol. The van der Waals surface area contributed by atoms with E-state index in [4.69, 9.17) is 5.73 Å². The van der Waals surface area contributed by atoms with Gasteiger partial charge in [0, 0.05) is 7.05 Å². The normalized spacial score (nSPS) is 11.3. The van der Waals surface area contributed by atoms with E-state index in [9.17, 15) is 10.2 Å². The average Bonchev–Trinajstić information content (AvgIpc) is 2.35. The highest BCUT2D eigenvalue weighted by atomic mass is 32.1. The van der Waals surface area contributed by atoms with Crippen LogP contribution in [-0.2, 0) is 7.05 Å². The number of aromatic nitrogens is 1. The van der Waals surface area contributed by atoms with Crippen LogP contribution in [0.1, 0.15) is 12.0 Å². The molecule has 0 saturated carbocycles. The third kappa shape index (κ3) is 1.82. The van der Waals surface area contributed by atoms with E-state index in [-0.39, 0.29) is 17.4 Å². The molecule has 1 rings (SSSR count).